The number of hydrogen-bond acceptors (Lipinski definition) is 3. The second kappa shape index (κ2) is 3.97. The van der Waals surface area contributed by atoms with Crippen LogP contribution in [0.5, 0.6) is 0 Å². The van der Waals surface area contributed by atoms with Gasteiger partial charge in [0.05, 0.1) is 22.7 Å². The molecule has 6 heteroatoms. The zero-order valence-electron chi connectivity index (χ0n) is 11.2. The summed E-state index contributed by atoms with van der Waals surface area (Å²) in [6.45, 7) is 8.08. The largest absolute Gasteiger partial charge is 0.247 e. The van der Waals surface area contributed by atoms with Crippen molar-refractivity contribution < 1.29 is 8.42 Å². The molecule has 1 aliphatic rings. The third kappa shape index (κ3) is 2.43. The van der Waals surface area contributed by atoms with Gasteiger partial charge < -0.3 is 0 Å². The molecule has 1 atom stereocenters. The monoisotopic (exact) mass is 290 g/mol. The molecule has 0 spiro atoms. The summed E-state index contributed by atoms with van der Waals surface area (Å²) in [5.74, 6) is 0.329. The van der Waals surface area contributed by atoms with E-state index in [4.69, 9.17) is 11.6 Å². The molecule has 0 N–H and O–H groups in total. The summed E-state index contributed by atoms with van der Waals surface area (Å²) in [5.41, 5.74) is 0.278. The van der Waals surface area contributed by atoms with Gasteiger partial charge in [-0.05, 0) is 19.4 Å². The standard InChI is InChI=1S/C12H19ClN2O2S/c1-11(2,3)9-7-10(13)15(14-9)12(4)5-6-18(16,17)8-12/h7H,5-6,8H2,1-4H3. The highest BCUT2D eigenvalue weighted by Gasteiger charge is 2.42. The smallest absolute Gasteiger partial charge is 0.152 e. The zero-order chi connectivity index (χ0) is 13.8. The van der Waals surface area contributed by atoms with Crippen LogP contribution in [0.25, 0.3) is 0 Å². The zero-order valence-corrected chi connectivity index (χ0v) is 12.8. The molecule has 1 aliphatic heterocycles. The second-order valence-electron chi connectivity index (χ2n) is 6.35. The number of hydrogen-bond donors (Lipinski definition) is 0. The van der Waals surface area contributed by atoms with Crippen LogP contribution in [0.4, 0.5) is 0 Å². The Morgan fingerprint density at radius 1 is 1.44 bits per heavy atom. The van der Waals surface area contributed by atoms with Gasteiger partial charge in [0.25, 0.3) is 0 Å². The first-order valence-electron chi connectivity index (χ1n) is 6.00. The highest BCUT2D eigenvalue weighted by molar-refractivity contribution is 7.91. The van der Waals surface area contributed by atoms with Gasteiger partial charge in [-0.1, -0.05) is 32.4 Å². The van der Waals surface area contributed by atoms with Crippen molar-refractivity contribution in [2.24, 2.45) is 0 Å². The van der Waals surface area contributed by atoms with E-state index in [1.54, 1.807) is 4.68 Å². The first kappa shape index (κ1) is 13.9. The minimum Gasteiger partial charge on any atom is -0.247 e. The molecular weight excluding hydrogens is 272 g/mol. The number of aromatic nitrogens is 2. The molecule has 1 unspecified atom stereocenters. The molecule has 2 heterocycles. The Morgan fingerprint density at radius 2 is 2.06 bits per heavy atom. The third-order valence-electron chi connectivity index (χ3n) is 3.43. The maximum absolute atomic E-state index is 11.7. The van der Waals surface area contributed by atoms with Gasteiger partial charge in [-0.2, -0.15) is 5.10 Å². The maximum atomic E-state index is 11.7. The lowest BCUT2D eigenvalue weighted by atomic mass is 9.93. The van der Waals surface area contributed by atoms with Crippen molar-refractivity contribution in [3.8, 4) is 0 Å². The maximum Gasteiger partial charge on any atom is 0.152 e. The van der Waals surface area contributed by atoms with Crippen molar-refractivity contribution in [2.45, 2.75) is 45.1 Å². The van der Waals surface area contributed by atoms with Crippen molar-refractivity contribution in [1.29, 1.82) is 0 Å². The third-order valence-corrected chi connectivity index (χ3v) is 5.59. The highest BCUT2D eigenvalue weighted by atomic mass is 35.5. The van der Waals surface area contributed by atoms with E-state index in [-0.39, 0.29) is 16.9 Å². The van der Waals surface area contributed by atoms with Gasteiger partial charge in [-0.15, -0.1) is 0 Å². The molecule has 0 bridgehead atoms. The van der Waals surface area contributed by atoms with Gasteiger partial charge >= 0.3 is 0 Å². The lowest BCUT2D eigenvalue weighted by Crippen LogP contribution is -2.33. The van der Waals surface area contributed by atoms with E-state index in [0.29, 0.717) is 11.6 Å². The second-order valence-corrected chi connectivity index (χ2v) is 8.92. The van der Waals surface area contributed by atoms with Gasteiger partial charge in [0.2, 0.25) is 0 Å². The van der Waals surface area contributed by atoms with Gasteiger partial charge in [0.15, 0.2) is 9.84 Å². The number of halogens is 1. The molecule has 102 valence electrons. The Hall–Kier alpha value is -0.550. The van der Waals surface area contributed by atoms with E-state index in [2.05, 4.69) is 25.9 Å². The molecule has 1 aromatic heterocycles. The summed E-state index contributed by atoms with van der Waals surface area (Å²) >= 11 is 6.22. The predicted molar refractivity (Wildman–Crippen MR) is 72.9 cm³/mol. The molecule has 2 rings (SSSR count). The van der Waals surface area contributed by atoms with E-state index in [9.17, 15) is 8.42 Å². The van der Waals surface area contributed by atoms with Crippen LogP contribution in [0.1, 0.15) is 39.8 Å². The molecule has 0 amide bonds. The van der Waals surface area contributed by atoms with Gasteiger partial charge in [0, 0.05) is 5.41 Å². The first-order valence-corrected chi connectivity index (χ1v) is 8.20. The van der Waals surface area contributed by atoms with E-state index in [0.717, 1.165) is 5.69 Å². The molecule has 4 nitrogen and oxygen atoms in total. The van der Waals surface area contributed by atoms with Crippen LogP contribution in [0.3, 0.4) is 0 Å². The summed E-state index contributed by atoms with van der Waals surface area (Å²) < 4.78 is 25.0. The first-order chi connectivity index (χ1) is 8.04. The Bertz CT molecular complexity index is 571. The van der Waals surface area contributed by atoms with Crippen LogP contribution < -0.4 is 0 Å². The van der Waals surface area contributed by atoms with Crippen molar-refractivity contribution in [1.82, 2.24) is 9.78 Å². The van der Waals surface area contributed by atoms with Gasteiger partial charge in [0.1, 0.15) is 5.15 Å². The van der Waals surface area contributed by atoms with Crippen LogP contribution in [0.15, 0.2) is 6.07 Å². The number of sulfone groups is 1. The summed E-state index contributed by atoms with van der Waals surface area (Å²) in [5, 5.41) is 5.03. The fraction of sp³-hybridized carbons (Fsp3) is 0.750. The predicted octanol–water partition coefficient (Wildman–Crippen LogP) is 2.37. The highest BCUT2D eigenvalue weighted by Crippen LogP contribution is 2.34. The topological polar surface area (TPSA) is 52.0 Å². The van der Waals surface area contributed by atoms with Crippen LogP contribution in [0.2, 0.25) is 5.15 Å². The molecule has 18 heavy (non-hydrogen) atoms. The Morgan fingerprint density at radius 3 is 2.44 bits per heavy atom. The minimum atomic E-state index is -2.96. The van der Waals surface area contributed by atoms with Crippen LogP contribution in [-0.2, 0) is 20.8 Å². The Balaban J connectivity index is 2.44. The van der Waals surface area contributed by atoms with E-state index >= 15 is 0 Å². The SMILES string of the molecule is CC(C)(C)c1cc(Cl)n(C2(C)CCS(=O)(=O)C2)n1. The molecule has 1 saturated heterocycles. The Kier molecular flexibility index (Phi) is 3.06. The minimum absolute atomic E-state index is 0.0945. The fourth-order valence-electron chi connectivity index (χ4n) is 2.26. The average Bonchev–Trinajstić information content (AvgIpc) is 2.68. The molecule has 1 aromatic rings. The number of nitrogens with zero attached hydrogens (tertiary/aromatic N) is 2. The van der Waals surface area contributed by atoms with Gasteiger partial charge in [-0.25, -0.2) is 13.1 Å². The quantitative estimate of drug-likeness (QED) is 0.798. The summed E-state index contributed by atoms with van der Waals surface area (Å²) in [6, 6.07) is 1.83. The molecule has 0 aromatic carbocycles. The average molecular weight is 291 g/mol. The molecular formula is C12H19ClN2O2S. The molecule has 0 radical (unpaired) electrons. The molecule has 1 fully saturated rings. The molecule has 0 saturated carbocycles. The summed E-state index contributed by atoms with van der Waals surface area (Å²) in [6.07, 6.45) is 0.570. The lowest BCUT2D eigenvalue weighted by Gasteiger charge is -2.24. The summed E-state index contributed by atoms with van der Waals surface area (Å²) in [7, 11) is -2.96. The van der Waals surface area contributed by atoms with E-state index in [1.165, 1.54) is 0 Å². The van der Waals surface area contributed by atoms with Crippen LogP contribution in [0, 0.1) is 0 Å². The van der Waals surface area contributed by atoms with E-state index in [1.807, 2.05) is 13.0 Å². The van der Waals surface area contributed by atoms with E-state index < -0.39 is 15.4 Å². The normalized spacial score (nSPS) is 27.6. The Labute approximate surface area is 113 Å². The van der Waals surface area contributed by atoms with Crippen LogP contribution >= 0.6 is 11.6 Å². The summed E-state index contributed by atoms with van der Waals surface area (Å²) in [4.78, 5) is 0. The lowest BCUT2D eigenvalue weighted by molar-refractivity contribution is 0.323. The van der Waals surface area contributed by atoms with Crippen molar-refractivity contribution in [2.75, 3.05) is 11.5 Å². The molecule has 0 aliphatic carbocycles. The van der Waals surface area contributed by atoms with Crippen LogP contribution in [-0.4, -0.2) is 29.7 Å². The number of rotatable bonds is 1. The van der Waals surface area contributed by atoms with Crippen molar-refractivity contribution in [3.63, 3.8) is 0 Å². The fourth-order valence-corrected chi connectivity index (χ4v) is 4.72. The van der Waals surface area contributed by atoms with Crippen molar-refractivity contribution in [3.05, 3.63) is 16.9 Å². The van der Waals surface area contributed by atoms with Crippen molar-refractivity contribution >= 4 is 21.4 Å². The van der Waals surface area contributed by atoms with Gasteiger partial charge in [-0.3, -0.25) is 0 Å².